The van der Waals surface area contributed by atoms with E-state index < -0.39 is 12.1 Å². The molecule has 51 heavy (non-hydrogen) atoms. The monoisotopic (exact) mass is 657 g/mol. The lowest BCUT2D eigenvalue weighted by molar-refractivity contribution is 1.28. The second-order valence-electron chi connectivity index (χ2n) is 12.3. The highest BCUT2D eigenvalue weighted by atomic mass is 15.1. The van der Waals surface area contributed by atoms with E-state index in [2.05, 4.69) is 6.07 Å². The third-order valence-electron chi connectivity index (χ3n) is 9.21. The molecule has 0 saturated carbocycles. The average molecular weight is 658 g/mol. The van der Waals surface area contributed by atoms with E-state index in [9.17, 15) is 8.22 Å². The molecule has 0 radical (unpaired) electrons. The van der Waals surface area contributed by atoms with Crippen LogP contribution in [0.25, 0.3) is 66.1 Å². The van der Waals surface area contributed by atoms with Gasteiger partial charge in [0.15, 0.2) is 0 Å². The van der Waals surface area contributed by atoms with Crippen LogP contribution in [0.3, 0.4) is 0 Å². The summed E-state index contributed by atoms with van der Waals surface area (Å²) < 4.78 is 75.2. The number of rotatable bonds is 7. The van der Waals surface area contributed by atoms with Crippen molar-refractivity contribution >= 4 is 38.6 Å². The first-order valence-electron chi connectivity index (χ1n) is 20.9. The van der Waals surface area contributed by atoms with Crippen molar-refractivity contribution in [2.75, 3.05) is 4.90 Å². The summed E-state index contributed by atoms with van der Waals surface area (Å²) in [4.78, 5) is 1.40. The maximum atomic E-state index is 9.78. The van der Waals surface area contributed by atoms with Crippen LogP contribution in [0.1, 0.15) is 11.0 Å². The van der Waals surface area contributed by atoms with E-state index in [1.807, 2.05) is 133 Å². The summed E-state index contributed by atoms with van der Waals surface area (Å²) >= 11 is 0. The molecule has 0 spiro atoms. The molecule has 9 aromatic rings. The van der Waals surface area contributed by atoms with Crippen LogP contribution in [0.15, 0.2) is 212 Å². The molecule has 0 N–H and O–H groups in total. The van der Waals surface area contributed by atoms with E-state index in [1.54, 1.807) is 24.3 Å². The molecule has 0 fully saturated rings. The van der Waals surface area contributed by atoms with Crippen LogP contribution in [-0.4, -0.2) is 0 Å². The first-order valence-corrected chi connectivity index (χ1v) is 16.9. The van der Waals surface area contributed by atoms with Crippen LogP contribution in [0, 0.1) is 0 Å². The standard InChI is InChI=1S/C50H35N/c1-2-12-36(13-3-1)41-18-8-19-42(34-41)37-26-30-44(31-27-37)51(45-32-28-40(29-33-45)49-24-10-16-38-14-4-6-22-47(38)49)46-21-9-20-43(35-46)50-25-11-17-39-15-5-7-23-48(39)50/h1-35H/i9D,20D,21D,26D,27D,30D,31D,35D. The van der Waals surface area contributed by atoms with Crippen molar-refractivity contribution in [2.45, 2.75) is 0 Å². The lowest BCUT2D eigenvalue weighted by atomic mass is 9.97. The minimum absolute atomic E-state index is 0.115. The van der Waals surface area contributed by atoms with Crippen molar-refractivity contribution in [2.24, 2.45) is 0 Å². The van der Waals surface area contributed by atoms with Crippen LogP contribution in [0.5, 0.6) is 0 Å². The molecular formula is C50H35N. The summed E-state index contributed by atoms with van der Waals surface area (Å²) in [6.45, 7) is 0. The molecule has 0 unspecified atom stereocenters. The first-order chi connectivity index (χ1) is 28.6. The predicted molar refractivity (Wildman–Crippen MR) is 218 cm³/mol. The van der Waals surface area contributed by atoms with Gasteiger partial charge in [-0.2, -0.15) is 0 Å². The van der Waals surface area contributed by atoms with Gasteiger partial charge < -0.3 is 4.90 Å². The summed E-state index contributed by atoms with van der Waals surface area (Å²) in [6, 6.07) is 48.9. The highest BCUT2D eigenvalue weighted by Gasteiger charge is 2.16. The Morgan fingerprint density at radius 3 is 1.57 bits per heavy atom. The Kier molecular flexibility index (Phi) is 5.96. The highest BCUT2D eigenvalue weighted by molar-refractivity contribution is 5.98. The van der Waals surface area contributed by atoms with E-state index in [0.29, 0.717) is 16.8 Å². The summed E-state index contributed by atoms with van der Waals surface area (Å²) in [7, 11) is 0. The summed E-state index contributed by atoms with van der Waals surface area (Å²) in [5.41, 5.74) is 5.00. The van der Waals surface area contributed by atoms with Crippen molar-refractivity contribution in [3.8, 4) is 44.5 Å². The number of fused-ring (bicyclic) bond motifs is 2. The Morgan fingerprint density at radius 2 is 0.882 bits per heavy atom. The number of hydrogen-bond acceptors (Lipinski definition) is 1. The van der Waals surface area contributed by atoms with Gasteiger partial charge in [0.1, 0.15) is 0 Å². The molecule has 240 valence electrons. The van der Waals surface area contributed by atoms with Gasteiger partial charge in [-0.25, -0.2) is 0 Å². The fourth-order valence-corrected chi connectivity index (χ4v) is 6.71. The lowest BCUT2D eigenvalue weighted by Crippen LogP contribution is -2.10. The summed E-state index contributed by atoms with van der Waals surface area (Å²) in [5.74, 6) is 0. The van der Waals surface area contributed by atoms with E-state index in [-0.39, 0.29) is 58.8 Å². The molecule has 0 aliphatic carbocycles. The third kappa shape index (κ3) is 5.96. The Bertz CT molecular complexity index is 3050. The number of anilines is 3. The van der Waals surface area contributed by atoms with Crippen molar-refractivity contribution in [1.82, 2.24) is 0 Å². The van der Waals surface area contributed by atoms with Crippen LogP contribution in [0.2, 0.25) is 0 Å². The number of nitrogens with zero attached hydrogens (tertiary/aromatic N) is 1. The van der Waals surface area contributed by atoms with Crippen LogP contribution < -0.4 is 4.90 Å². The van der Waals surface area contributed by atoms with Crippen molar-refractivity contribution in [3.05, 3.63) is 212 Å². The molecule has 0 heterocycles. The zero-order valence-corrected chi connectivity index (χ0v) is 27.5. The summed E-state index contributed by atoms with van der Waals surface area (Å²) in [5, 5.41) is 3.76. The molecule has 9 rings (SSSR count). The fourth-order valence-electron chi connectivity index (χ4n) is 6.71. The van der Waals surface area contributed by atoms with Crippen molar-refractivity contribution in [3.63, 3.8) is 0 Å². The van der Waals surface area contributed by atoms with Gasteiger partial charge in [0.25, 0.3) is 0 Å². The molecule has 0 aliphatic rings. The molecule has 0 amide bonds. The first kappa shape index (κ1) is 22.8. The van der Waals surface area contributed by atoms with Gasteiger partial charge in [0.05, 0.1) is 11.0 Å². The lowest BCUT2D eigenvalue weighted by Gasteiger charge is -2.26. The summed E-state index contributed by atoms with van der Waals surface area (Å²) in [6.07, 6.45) is 0. The fraction of sp³-hybridized carbons (Fsp3) is 0. The topological polar surface area (TPSA) is 3.24 Å². The van der Waals surface area contributed by atoms with Crippen LogP contribution in [0.4, 0.5) is 17.1 Å². The van der Waals surface area contributed by atoms with Gasteiger partial charge in [0, 0.05) is 17.1 Å². The van der Waals surface area contributed by atoms with Gasteiger partial charge in [-0.15, -0.1) is 0 Å². The normalized spacial score (nSPS) is 13.3. The van der Waals surface area contributed by atoms with E-state index >= 15 is 0 Å². The molecule has 0 saturated heterocycles. The SMILES string of the molecule is [2H]c1c([2H])c(-c2cccc3ccccc23)c([2H])c(N(c2ccc(-c3cccc4ccccc34)cc2)c2c([2H])c([2H])c(-c3cccc(-c4ccccc4)c3)c([2H])c2[2H])c1[2H]. The molecule has 9 aromatic carbocycles. The molecule has 0 aliphatic heterocycles. The Balaban J connectivity index is 1.30. The molecule has 1 nitrogen and oxygen atoms in total. The second kappa shape index (κ2) is 13.3. The van der Waals surface area contributed by atoms with E-state index in [1.165, 1.54) is 4.90 Å². The van der Waals surface area contributed by atoms with Crippen LogP contribution in [-0.2, 0) is 0 Å². The van der Waals surface area contributed by atoms with Crippen LogP contribution >= 0.6 is 0 Å². The quantitative estimate of drug-likeness (QED) is 0.165. The Hall–Kier alpha value is -6.70. The maximum absolute atomic E-state index is 9.78. The Morgan fingerprint density at radius 1 is 0.333 bits per heavy atom. The highest BCUT2D eigenvalue weighted by Crippen LogP contribution is 2.40. The van der Waals surface area contributed by atoms with Crippen molar-refractivity contribution in [1.29, 1.82) is 0 Å². The van der Waals surface area contributed by atoms with Crippen molar-refractivity contribution < 1.29 is 11.0 Å². The Labute approximate surface area is 310 Å². The number of hydrogen-bond donors (Lipinski definition) is 0. The van der Waals surface area contributed by atoms with Gasteiger partial charge in [-0.3, -0.25) is 0 Å². The molecule has 0 bridgehead atoms. The van der Waals surface area contributed by atoms with Gasteiger partial charge >= 0.3 is 0 Å². The zero-order valence-electron chi connectivity index (χ0n) is 35.5. The largest absolute Gasteiger partial charge is 0.310 e. The van der Waals surface area contributed by atoms with Gasteiger partial charge in [-0.05, 0) is 108 Å². The molecule has 1 heteroatoms. The maximum Gasteiger partial charge on any atom is 0.0651 e. The predicted octanol–water partition coefficient (Wildman–Crippen LogP) is 14.1. The minimum atomic E-state index is -0.446. The average Bonchev–Trinajstić information content (AvgIpc) is 3.27. The van der Waals surface area contributed by atoms with E-state index in [0.717, 1.165) is 43.8 Å². The molecular weight excluding hydrogens is 615 g/mol. The number of benzene rings is 9. The smallest absolute Gasteiger partial charge is 0.0651 e. The zero-order chi connectivity index (χ0) is 40.9. The van der Waals surface area contributed by atoms with Gasteiger partial charge in [0.2, 0.25) is 0 Å². The second-order valence-corrected chi connectivity index (χ2v) is 12.3. The van der Waals surface area contributed by atoms with Gasteiger partial charge in [-0.1, -0.05) is 170 Å². The third-order valence-corrected chi connectivity index (χ3v) is 9.21. The molecule has 0 atom stereocenters. The minimum Gasteiger partial charge on any atom is -0.310 e. The van der Waals surface area contributed by atoms with E-state index in [4.69, 9.17) is 2.74 Å². The molecule has 0 aromatic heterocycles.